The van der Waals surface area contributed by atoms with Crippen LogP contribution < -0.4 is 28.4 Å². The van der Waals surface area contributed by atoms with E-state index in [0.29, 0.717) is 104 Å². The summed E-state index contributed by atoms with van der Waals surface area (Å²) in [6.07, 6.45) is 13.4. The molecule has 1 fully saturated rings. The predicted molar refractivity (Wildman–Crippen MR) is 558 cm³/mol. The van der Waals surface area contributed by atoms with Crippen LogP contribution in [0.3, 0.4) is 0 Å². The Hall–Kier alpha value is -14.3. The minimum absolute atomic E-state index is 0.00231. The summed E-state index contributed by atoms with van der Waals surface area (Å²) in [6, 6.07) is 34.2. The van der Waals surface area contributed by atoms with E-state index in [2.05, 4.69) is 147 Å². The summed E-state index contributed by atoms with van der Waals surface area (Å²) in [7, 11) is 3.01. The molecule has 20 rings (SSSR count). The van der Waals surface area contributed by atoms with Gasteiger partial charge in [0.2, 0.25) is 11.6 Å². The maximum Gasteiger partial charge on any atom is 0.494 e. The summed E-state index contributed by atoms with van der Waals surface area (Å²) in [4.78, 5) is 120. The highest BCUT2D eigenvalue weighted by Gasteiger charge is 2.52. The summed E-state index contributed by atoms with van der Waals surface area (Å²) < 4.78 is 75.2. The van der Waals surface area contributed by atoms with Gasteiger partial charge in [-0.15, -0.1) is 45.3 Å². The van der Waals surface area contributed by atoms with Gasteiger partial charge in [0.05, 0.1) is 80.8 Å². The number of benzene rings is 4. The monoisotopic (exact) mass is 2060 g/mol. The second-order valence-corrected chi connectivity index (χ2v) is 45.4. The number of hydrogen-bond acceptors (Lipinski definition) is 26. The summed E-state index contributed by atoms with van der Waals surface area (Å²) in [6.45, 7) is 36.3. The molecule has 5 aliphatic heterocycles. The maximum absolute atomic E-state index is 15.3. The third kappa shape index (κ3) is 22.8. The largest absolute Gasteiger partial charge is 0.494 e. The van der Waals surface area contributed by atoms with Gasteiger partial charge in [-0.25, -0.2) is 42.5 Å². The van der Waals surface area contributed by atoms with Crippen molar-refractivity contribution in [3.05, 3.63) is 309 Å². The highest BCUT2D eigenvalue weighted by molar-refractivity contribution is 7.15. The minimum atomic E-state index is -0.662. The molecule has 4 aromatic carbocycles. The zero-order valence-electron chi connectivity index (χ0n) is 83.0. The predicted octanol–water partition coefficient (Wildman–Crippen LogP) is 21.2. The zero-order valence-corrected chi connectivity index (χ0v) is 87.0. The number of anilines is 4. The molecule has 752 valence electrons. The van der Waals surface area contributed by atoms with Crippen LogP contribution in [0.1, 0.15) is 224 Å². The van der Waals surface area contributed by atoms with Gasteiger partial charge >= 0.3 is 18.5 Å². The van der Waals surface area contributed by atoms with Crippen LogP contribution in [0.5, 0.6) is 0 Å². The number of imidazole rings is 1. The number of aromatic amines is 1. The van der Waals surface area contributed by atoms with Gasteiger partial charge in [0.15, 0.2) is 11.9 Å². The van der Waals surface area contributed by atoms with Gasteiger partial charge in [0.1, 0.15) is 39.9 Å². The first-order valence-electron chi connectivity index (χ1n) is 46.0. The molecule has 41 heteroatoms. The van der Waals surface area contributed by atoms with Crippen LogP contribution >= 0.6 is 56.9 Å². The molecule has 0 radical (unpaired) electrons. The van der Waals surface area contributed by atoms with E-state index in [4.69, 9.17) is 43.8 Å². The van der Waals surface area contributed by atoms with Crippen LogP contribution in [0.4, 0.5) is 52.1 Å². The molecule has 11 aromatic heterocycles. The molecule has 0 atom stereocenters. The van der Waals surface area contributed by atoms with Gasteiger partial charge in [0, 0.05) is 157 Å². The standard InChI is InChI=1S/C27H25FN6OS.C23H29BFNO3S.C22H21FN4O3S.C22H23FN4OS.C5H4ClN3O2.C5H6N2O/c1-27(2,3)21-10-17-14-34(26(35)23(17)36-21)13-16-6-5-15(9-20(16)28)19-7-8-29-25-22(19)31-24(32-25)18-11-30-33(4)12-18;1-21(2,3)18-10-15-13-26(20(27)19(15)30-18)12-14-8-9-16(11-17(14)25)24-28-22(4,5)23(6,7)29-24;1-22(2,3)17-9-14-11-26(21(28)19(14)31-17)10-13-5-4-12(8-16(13)23)15-6-7-25-20(24)18(15)27(29)30;1-22(2,3)17-9-14-11-27(21(28)19(14)29-17)10-13-5-4-12(8-16(13)23)15-6-7-26-20(25)18(15)24;6-3-1-2-8-5(7)4(3)9(10)11;1-7-3-5(4-8)2-6-7/h5-12H,13-14H2,1-4H3,(H,29,31,32);8-11H,12-13H2,1-7H3;4-9H,10-11H2,1-3H3,(H2,24,25);4-9H,10-11,24H2,1-3H3,(H2,25,26);1-2H,(H2,7,8);2-4H,1H3. The summed E-state index contributed by atoms with van der Waals surface area (Å²) in [5.74, 6) is -1.30. The average Bonchev–Trinajstić information content (AvgIpc) is 1.61. The summed E-state index contributed by atoms with van der Waals surface area (Å²) in [5.41, 5.74) is 33.8. The second-order valence-electron chi connectivity index (χ2n) is 40.8. The molecule has 31 nitrogen and oxygen atoms in total. The normalized spacial score (nSPS) is 14.5. The molecule has 5 aliphatic rings. The van der Waals surface area contributed by atoms with Crippen LogP contribution in [0.15, 0.2) is 171 Å². The van der Waals surface area contributed by atoms with Gasteiger partial charge in [-0.1, -0.05) is 143 Å². The SMILES string of the molecule is CC(C)(C)c1cc2c(s1)C(=O)N(Cc1ccc(-c3ccnc(N)c3N)cc1F)C2.CC(C)(C)c1cc2c(s1)C(=O)N(Cc1ccc(-c3ccnc(N)c3[N+](=O)[O-])cc1F)C2.CC(C)(C)c1cc2c(s1)C(=O)N(Cc1ccc(B3OC(C)(C)C(C)(C)O3)cc1F)C2.Cn1cc(-c2nc3nccc(-c4ccc(CN5Cc6cc(C(C)(C)C)sc6C5=O)c(F)c4)c3[nH]2)cn1.Cn1cc(C=O)cn1.Nc1nccc(Cl)c1[N+](=O)[O-]. The van der Waals surface area contributed by atoms with E-state index in [1.54, 1.807) is 137 Å². The number of hydrogen-bond donors (Lipinski definition) is 5. The first kappa shape index (κ1) is 105. The molecule has 0 unspecified atom stereocenters. The van der Waals surface area contributed by atoms with Gasteiger partial charge in [0.25, 0.3) is 23.6 Å². The van der Waals surface area contributed by atoms with Crippen molar-refractivity contribution in [2.24, 2.45) is 14.1 Å². The van der Waals surface area contributed by atoms with Crippen molar-refractivity contribution in [1.82, 2.24) is 69.1 Å². The van der Waals surface area contributed by atoms with Gasteiger partial charge in [-0.05, 0) is 167 Å². The third-order valence-corrected chi connectivity index (χ3v) is 31.8. The van der Waals surface area contributed by atoms with Crippen molar-refractivity contribution >= 4 is 145 Å². The van der Waals surface area contributed by atoms with Gasteiger partial charge in [-0.2, -0.15) is 10.2 Å². The number of thiophene rings is 4. The lowest BCUT2D eigenvalue weighted by Gasteiger charge is -2.32. The number of nitrogens with two attached hydrogens (primary N) is 4. The van der Waals surface area contributed by atoms with Crippen LogP contribution in [0.2, 0.25) is 5.02 Å². The van der Waals surface area contributed by atoms with E-state index in [1.807, 2.05) is 59.1 Å². The lowest BCUT2D eigenvalue weighted by molar-refractivity contribution is -0.384. The van der Waals surface area contributed by atoms with E-state index < -0.39 is 34.0 Å². The highest BCUT2D eigenvalue weighted by atomic mass is 35.5. The molecule has 0 bridgehead atoms. The van der Waals surface area contributed by atoms with Crippen LogP contribution in [-0.4, -0.2) is 127 Å². The van der Waals surface area contributed by atoms with Crippen LogP contribution in [0, 0.1) is 43.5 Å². The molecule has 0 aliphatic carbocycles. The van der Waals surface area contributed by atoms with Crippen molar-refractivity contribution < 1.29 is 60.7 Å². The molecule has 145 heavy (non-hydrogen) atoms. The molecule has 16 heterocycles. The molecule has 0 saturated carbocycles. The average molecular weight is 2060 g/mol. The first-order valence-corrected chi connectivity index (χ1v) is 49.7. The Kier molecular flexibility index (Phi) is 29.8. The number of nitrogens with zero attached hydrogens (tertiary/aromatic N) is 15. The fourth-order valence-electron chi connectivity index (χ4n) is 16.3. The number of aldehydes is 1. The Morgan fingerprint density at radius 2 is 0.814 bits per heavy atom. The molecular weight excluding hydrogens is 1960 g/mol. The Morgan fingerprint density at radius 1 is 0.462 bits per heavy atom. The number of nitrogens with one attached hydrogen (secondary N) is 1. The Bertz CT molecular complexity index is 7550. The third-order valence-electron chi connectivity index (χ3n) is 25.2. The van der Waals surface area contributed by atoms with Crippen molar-refractivity contribution in [3.63, 3.8) is 0 Å². The van der Waals surface area contributed by atoms with Crippen molar-refractivity contribution in [2.45, 2.75) is 196 Å². The van der Waals surface area contributed by atoms with Crippen LogP contribution in [-0.2, 0) is 97.4 Å². The summed E-state index contributed by atoms with van der Waals surface area (Å²) >= 11 is 11.6. The van der Waals surface area contributed by atoms with Crippen molar-refractivity contribution in [1.29, 1.82) is 0 Å². The number of fused-ring (bicyclic) bond motifs is 5. The molecule has 9 N–H and O–H groups in total. The molecule has 15 aromatic rings. The van der Waals surface area contributed by atoms with Crippen molar-refractivity contribution in [3.8, 4) is 44.8 Å². The van der Waals surface area contributed by atoms with Crippen LogP contribution in [0.25, 0.3) is 55.9 Å². The fourth-order valence-corrected chi connectivity index (χ4v) is 21.4. The fraction of sp³-hybridized carbons (Fsp3) is 0.308. The minimum Gasteiger partial charge on any atom is -0.399 e. The number of H-pyrrole nitrogens is 1. The number of carbonyl (C=O) groups excluding carboxylic acids is 5. The lowest BCUT2D eigenvalue weighted by atomic mass is 9.78. The molecule has 4 amide bonds. The number of rotatable bonds is 16. The van der Waals surface area contributed by atoms with E-state index in [1.165, 1.54) is 81.0 Å². The number of halogens is 5. The first-order chi connectivity index (χ1) is 68.1. The quantitative estimate of drug-likeness (QED) is 0.0197. The van der Waals surface area contributed by atoms with E-state index in [-0.39, 0.29) is 128 Å². The highest BCUT2D eigenvalue weighted by Crippen LogP contribution is 2.46. The summed E-state index contributed by atoms with van der Waals surface area (Å²) in [5, 5.41) is 29.6. The Balaban J connectivity index is 0.000000137. The van der Waals surface area contributed by atoms with Gasteiger partial charge < -0.3 is 56.8 Å². The molecular formula is C104H108BClF4N20O11S4. The van der Waals surface area contributed by atoms with E-state index >= 15 is 4.39 Å². The van der Waals surface area contributed by atoms with E-state index in [0.717, 1.165) is 64.7 Å². The number of pyridine rings is 4. The topological polar surface area (TPSA) is 423 Å². The number of aromatic nitrogens is 10. The van der Waals surface area contributed by atoms with Gasteiger partial charge in [-0.3, -0.25) is 53.6 Å². The van der Waals surface area contributed by atoms with E-state index in [9.17, 15) is 57.4 Å². The molecule has 1 saturated heterocycles. The number of nitro groups is 2. The maximum atomic E-state index is 15.3. The lowest BCUT2D eigenvalue weighted by Crippen LogP contribution is -2.41. The smallest absolute Gasteiger partial charge is 0.399 e. The number of aryl methyl sites for hydroxylation is 2. The number of nitrogen functional groups attached to an aromatic ring is 4. The Morgan fingerprint density at radius 3 is 1.16 bits per heavy atom. The second kappa shape index (κ2) is 41.1. The van der Waals surface area contributed by atoms with Crippen molar-refractivity contribution in [2.75, 3.05) is 22.9 Å². The molecule has 0 spiro atoms. The Labute approximate surface area is 855 Å². The number of amides is 4. The number of carbonyl (C=O) groups is 5. The zero-order chi connectivity index (χ0) is 105.